The van der Waals surface area contributed by atoms with Gasteiger partial charge in [0.25, 0.3) is 0 Å². The molecule has 206 valence electrons. The highest BCUT2D eigenvalue weighted by molar-refractivity contribution is 5.77. The average Bonchev–Trinajstić information content (AvgIpc) is 3.74. The van der Waals surface area contributed by atoms with Crippen molar-refractivity contribution >= 4 is 12.1 Å². The fourth-order valence-electron chi connectivity index (χ4n) is 4.18. The van der Waals surface area contributed by atoms with Crippen LogP contribution in [0.4, 0.5) is 18.0 Å². The SMILES string of the molecule is CCN(Cc1cc(C(F)(F)F)ccc1-c1cc(CC(=O)O)ccc1OCC1CC1)C(=O)OCc1ccccc1. The second-order valence-electron chi connectivity index (χ2n) is 9.58. The van der Waals surface area contributed by atoms with E-state index in [1.165, 1.54) is 11.0 Å². The van der Waals surface area contributed by atoms with Crippen molar-refractivity contribution in [1.29, 1.82) is 0 Å². The fourth-order valence-corrected chi connectivity index (χ4v) is 4.18. The van der Waals surface area contributed by atoms with Gasteiger partial charge >= 0.3 is 18.2 Å². The summed E-state index contributed by atoms with van der Waals surface area (Å²) in [5, 5.41) is 9.29. The molecule has 4 rings (SSSR count). The summed E-state index contributed by atoms with van der Waals surface area (Å²) in [6.07, 6.45) is -3.40. The van der Waals surface area contributed by atoms with Gasteiger partial charge in [-0.15, -0.1) is 0 Å². The third kappa shape index (κ3) is 7.75. The topological polar surface area (TPSA) is 76.1 Å². The number of carboxylic acid groups (broad SMARTS) is 1. The highest BCUT2D eigenvalue weighted by Crippen LogP contribution is 2.39. The van der Waals surface area contributed by atoms with Gasteiger partial charge in [-0.2, -0.15) is 13.2 Å². The molecular weight excluding hydrogens is 511 g/mol. The first-order valence-corrected chi connectivity index (χ1v) is 12.8. The maximum Gasteiger partial charge on any atom is 0.416 e. The average molecular weight is 542 g/mol. The number of alkyl halides is 3. The lowest BCUT2D eigenvalue weighted by molar-refractivity contribution is -0.138. The minimum Gasteiger partial charge on any atom is -0.493 e. The molecule has 1 fully saturated rings. The Balaban J connectivity index is 1.69. The number of amides is 1. The van der Waals surface area contributed by atoms with Crippen LogP contribution in [0.2, 0.25) is 0 Å². The van der Waals surface area contributed by atoms with Crippen LogP contribution < -0.4 is 4.74 Å². The van der Waals surface area contributed by atoms with Gasteiger partial charge in [0.15, 0.2) is 0 Å². The predicted octanol–water partition coefficient (Wildman–Crippen LogP) is 6.95. The number of rotatable bonds is 11. The van der Waals surface area contributed by atoms with Crippen molar-refractivity contribution in [2.45, 2.75) is 45.5 Å². The molecule has 3 aromatic rings. The summed E-state index contributed by atoms with van der Waals surface area (Å²) >= 11 is 0. The first kappa shape index (κ1) is 28.0. The first-order chi connectivity index (χ1) is 18.6. The summed E-state index contributed by atoms with van der Waals surface area (Å²) in [6.45, 7) is 2.27. The van der Waals surface area contributed by atoms with Gasteiger partial charge in [0.05, 0.1) is 18.6 Å². The third-order valence-electron chi connectivity index (χ3n) is 6.50. The zero-order valence-electron chi connectivity index (χ0n) is 21.5. The van der Waals surface area contributed by atoms with Crippen molar-refractivity contribution in [3.8, 4) is 16.9 Å². The molecule has 9 heteroatoms. The Morgan fingerprint density at radius 1 is 0.974 bits per heavy atom. The lowest BCUT2D eigenvalue weighted by Crippen LogP contribution is -2.31. The molecule has 1 saturated carbocycles. The molecule has 0 saturated heterocycles. The van der Waals surface area contributed by atoms with Gasteiger partial charge in [-0.1, -0.05) is 42.5 Å². The molecule has 1 aliphatic rings. The number of hydrogen-bond acceptors (Lipinski definition) is 4. The van der Waals surface area contributed by atoms with E-state index in [2.05, 4.69) is 0 Å². The number of nitrogens with zero attached hydrogens (tertiary/aromatic N) is 1. The van der Waals surface area contributed by atoms with E-state index in [-0.39, 0.29) is 31.7 Å². The van der Waals surface area contributed by atoms with Gasteiger partial charge in [0, 0.05) is 18.7 Å². The Morgan fingerprint density at radius 3 is 2.36 bits per heavy atom. The lowest BCUT2D eigenvalue weighted by Gasteiger charge is -2.24. The van der Waals surface area contributed by atoms with E-state index in [0.29, 0.717) is 35.0 Å². The largest absolute Gasteiger partial charge is 0.493 e. The van der Waals surface area contributed by atoms with E-state index in [1.807, 2.05) is 30.3 Å². The molecule has 1 amide bonds. The Morgan fingerprint density at radius 2 is 1.72 bits per heavy atom. The van der Waals surface area contributed by atoms with E-state index in [4.69, 9.17) is 9.47 Å². The normalized spacial score (nSPS) is 13.1. The lowest BCUT2D eigenvalue weighted by atomic mass is 9.94. The van der Waals surface area contributed by atoms with Crippen LogP contribution in [-0.4, -0.2) is 35.2 Å². The predicted molar refractivity (Wildman–Crippen MR) is 139 cm³/mol. The standard InChI is InChI=1S/C30H30F3NO5/c1-2-34(29(37)39-19-20-6-4-3-5-7-20)17-23-16-24(30(31,32)33)11-12-25(23)26-14-22(15-28(35)36)10-13-27(26)38-18-21-8-9-21/h3-7,10-14,16,21H,2,8-9,15,17-19H2,1H3,(H,35,36). The van der Waals surface area contributed by atoms with E-state index in [1.54, 1.807) is 25.1 Å². The highest BCUT2D eigenvalue weighted by Gasteiger charge is 2.32. The number of carboxylic acids is 1. The van der Waals surface area contributed by atoms with Crippen LogP contribution >= 0.6 is 0 Å². The molecule has 1 aliphatic carbocycles. The number of benzene rings is 3. The van der Waals surface area contributed by atoms with Gasteiger partial charge in [-0.05, 0) is 72.2 Å². The zero-order valence-corrected chi connectivity index (χ0v) is 21.5. The van der Waals surface area contributed by atoms with Crippen molar-refractivity contribution in [2.24, 2.45) is 5.92 Å². The minimum absolute atomic E-state index is 0.0298. The van der Waals surface area contributed by atoms with Crippen LogP contribution in [0.25, 0.3) is 11.1 Å². The monoisotopic (exact) mass is 541 g/mol. The Labute approximate surface area is 225 Å². The van der Waals surface area contributed by atoms with Crippen LogP contribution in [0.15, 0.2) is 66.7 Å². The molecule has 0 heterocycles. The molecule has 3 aromatic carbocycles. The highest BCUT2D eigenvalue weighted by atomic mass is 19.4. The van der Waals surface area contributed by atoms with Crippen LogP contribution in [-0.2, 0) is 35.3 Å². The zero-order chi connectivity index (χ0) is 28.0. The number of aliphatic carboxylic acids is 1. The van der Waals surface area contributed by atoms with Gasteiger partial charge in [0.1, 0.15) is 12.4 Å². The number of carbonyl (C=O) groups excluding carboxylic acids is 1. The van der Waals surface area contributed by atoms with Gasteiger partial charge < -0.3 is 19.5 Å². The van der Waals surface area contributed by atoms with E-state index in [9.17, 15) is 27.9 Å². The molecule has 1 N–H and O–H groups in total. The molecule has 0 atom stereocenters. The smallest absolute Gasteiger partial charge is 0.416 e. The van der Waals surface area contributed by atoms with Crippen molar-refractivity contribution < 1.29 is 37.3 Å². The quantitative estimate of drug-likeness (QED) is 0.284. The maximum absolute atomic E-state index is 13.7. The van der Waals surface area contributed by atoms with Crippen molar-refractivity contribution in [3.05, 3.63) is 89.0 Å². The van der Waals surface area contributed by atoms with Gasteiger partial charge in [-0.3, -0.25) is 4.79 Å². The molecule has 0 aromatic heterocycles. The molecule has 0 radical (unpaired) electrons. The summed E-state index contributed by atoms with van der Waals surface area (Å²) < 4.78 is 52.5. The molecule has 0 bridgehead atoms. The summed E-state index contributed by atoms with van der Waals surface area (Å²) in [5.41, 5.74) is 1.57. The van der Waals surface area contributed by atoms with Crippen molar-refractivity contribution in [3.63, 3.8) is 0 Å². The van der Waals surface area contributed by atoms with E-state index >= 15 is 0 Å². The summed E-state index contributed by atoms with van der Waals surface area (Å²) in [4.78, 5) is 25.6. The Hall–Kier alpha value is -4.01. The molecule has 6 nitrogen and oxygen atoms in total. The van der Waals surface area contributed by atoms with Crippen LogP contribution in [0, 0.1) is 5.92 Å². The number of hydrogen-bond donors (Lipinski definition) is 1. The first-order valence-electron chi connectivity index (χ1n) is 12.8. The van der Waals surface area contributed by atoms with Crippen molar-refractivity contribution in [2.75, 3.05) is 13.2 Å². The molecule has 0 spiro atoms. The molecule has 0 unspecified atom stereocenters. The Bertz CT molecular complexity index is 1310. The van der Waals surface area contributed by atoms with Gasteiger partial charge in [-0.25, -0.2) is 4.79 Å². The summed E-state index contributed by atoms with van der Waals surface area (Å²) in [5.74, 6) is -0.149. The van der Waals surface area contributed by atoms with Gasteiger partial charge in [0.2, 0.25) is 0 Å². The van der Waals surface area contributed by atoms with Crippen molar-refractivity contribution in [1.82, 2.24) is 4.90 Å². The molecule has 39 heavy (non-hydrogen) atoms. The maximum atomic E-state index is 13.7. The number of carbonyl (C=O) groups is 2. The third-order valence-corrected chi connectivity index (χ3v) is 6.50. The number of halogens is 3. The second-order valence-corrected chi connectivity index (χ2v) is 9.58. The van der Waals surface area contributed by atoms with E-state index in [0.717, 1.165) is 30.5 Å². The van der Waals surface area contributed by atoms with Crippen LogP contribution in [0.3, 0.4) is 0 Å². The molecule has 0 aliphatic heterocycles. The summed E-state index contributed by atoms with van der Waals surface area (Å²) in [7, 11) is 0. The van der Waals surface area contributed by atoms with E-state index < -0.39 is 23.8 Å². The Kier molecular flexibility index (Phi) is 8.79. The van der Waals surface area contributed by atoms with Crippen LogP contribution in [0.5, 0.6) is 5.75 Å². The minimum atomic E-state index is -4.59. The fraction of sp³-hybridized carbons (Fsp3) is 0.333. The second kappa shape index (κ2) is 12.2. The number of ether oxygens (including phenoxy) is 2. The van der Waals surface area contributed by atoms with Crippen LogP contribution in [0.1, 0.15) is 42.0 Å². The molecular formula is C30H30F3NO5. The summed E-state index contributed by atoms with van der Waals surface area (Å²) in [6, 6.07) is 17.4.